The molecule has 1 heterocycles. The summed E-state index contributed by atoms with van der Waals surface area (Å²) in [5.41, 5.74) is 1.05. The monoisotopic (exact) mass is 180 g/mol. The van der Waals surface area contributed by atoms with Crippen molar-refractivity contribution in [3.63, 3.8) is 0 Å². The van der Waals surface area contributed by atoms with Gasteiger partial charge < -0.3 is 0 Å². The Morgan fingerprint density at radius 3 is 2.46 bits per heavy atom. The van der Waals surface area contributed by atoms with Crippen LogP contribution in [0, 0.1) is 0 Å². The molecule has 0 atom stereocenters. The minimum absolute atomic E-state index is 0.552. The van der Waals surface area contributed by atoms with Crippen LogP contribution in [-0.4, -0.2) is 16.0 Å². The van der Waals surface area contributed by atoms with Gasteiger partial charge in [-0.3, -0.25) is 0 Å². The second kappa shape index (κ2) is 2.32. The van der Waals surface area contributed by atoms with Gasteiger partial charge in [0, 0.05) is 18.1 Å². The highest BCUT2D eigenvalue weighted by atomic mass is 16.8. The summed E-state index contributed by atoms with van der Waals surface area (Å²) in [5, 5.41) is 19.7. The molecule has 0 aliphatic carbocycles. The van der Waals surface area contributed by atoms with Crippen molar-refractivity contribution in [3.8, 4) is 0 Å². The number of para-hydroxylation sites is 1. The van der Waals surface area contributed by atoms with Crippen molar-refractivity contribution < 1.29 is 10.4 Å². The summed E-state index contributed by atoms with van der Waals surface area (Å²) in [6, 6.07) is 7.42. The Morgan fingerprint density at radius 2 is 1.85 bits per heavy atom. The molecule has 3 nitrogen and oxygen atoms in total. The standard InChI is InChI=1S/C10H14NO2/c1-10(2)7-8-5-3-4-6-9(8)11(10,12)13/h3-6,12-13H,7H2,1-2H3/q+1. The molecule has 0 unspecified atom stereocenters. The highest BCUT2D eigenvalue weighted by molar-refractivity contribution is 5.53. The number of hydrogen-bond acceptors (Lipinski definition) is 2. The summed E-state index contributed by atoms with van der Waals surface area (Å²) in [5.74, 6) is 0. The van der Waals surface area contributed by atoms with Gasteiger partial charge in [-0.15, -0.1) is 0 Å². The fourth-order valence-corrected chi connectivity index (χ4v) is 1.87. The Hall–Kier alpha value is -0.900. The van der Waals surface area contributed by atoms with Crippen LogP contribution in [0.2, 0.25) is 0 Å². The molecule has 1 aliphatic heterocycles. The van der Waals surface area contributed by atoms with E-state index in [0.29, 0.717) is 12.1 Å². The van der Waals surface area contributed by atoms with Crippen LogP contribution in [0.25, 0.3) is 0 Å². The number of benzene rings is 1. The fourth-order valence-electron chi connectivity index (χ4n) is 1.87. The van der Waals surface area contributed by atoms with Crippen LogP contribution < -0.4 is 4.81 Å². The number of hydrogen-bond donors (Lipinski definition) is 2. The zero-order chi connectivity index (χ0) is 9.69. The SMILES string of the molecule is CC1(C)Cc2ccccc2[N+]1(O)O. The molecule has 0 saturated carbocycles. The van der Waals surface area contributed by atoms with E-state index in [1.54, 1.807) is 6.07 Å². The molecule has 0 aromatic heterocycles. The predicted molar refractivity (Wildman–Crippen MR) is 49.6 cm³/mol. The first-order chi connectivity index (χ1) is 5.95. The molecule has 13 heavy (non-hydrogen) atoms. The lowest BCUT2D eigenvalue weighted by Crippen LogP contribution is -2.55. The van der Waals surface area contributed by atoms with E-state index in [9.17, 15) is 10.4 Å². The summed E-state index contributed by atoms with van der Waals surface area (Å²) in [6.45, 7) is 3.68. The molecular formula is C10H14NO2+. The van der Waals surface area contributed by atoms with E-state index in [-0.39, 0.29) is 0 Å². The van der Waals surface area contributed by atoms with Gasteiger partial charge in [0.15, 0.2) is 5.54 Å². The zero-order valence-electron chi connectivity index (χ0n) is 7.86. The minimum atomic E-state index is -0.997. The molecular weight excluding hydrogens is 166 g/mol. The van der Waals surface area contributed by atoms with Gasteiger partial charge in [-0.05, 0) is 18.7 Å². The average molecular weight is 180 g/mol. The normalized spacial score (nSPS) is 22.8. The number of fused-ring (bicyclic) bond motifs is 1. The van der Waals surface area contributed by atoms with Gasteiger partial charge in [-0.1, -0.05) is 18.2 Å². The van der Waals surface area contributed by atoms with Crippen LogP contribution in [0.5, 0.6) is 0 Å². The summed E-state index contributed by atoms with van der Waals surface area (Å²) in [4.78, 5) is -0.997. The molecule has 0 saturated heterocycles. The molecule has 1 aromatic carbocycles. The molecule has 1 aliphatic rings. The lowest BCUT2D eigenvalue weighted by molar-refractivity contribution is -0.331. The van der Waals surface area contributed by atoms with E-state index < -0.39 is 10.3 Å². The van der Waals surface area contributed by atoms with Crippen LogP contribution in [0.3, 0.4) is 0 Å². The van der Waals surface area contributed by atoms with Crippen LogP contribution >= 0.6 is 0 Å². The third kappa shape index (κ3) is 1.01. The molecule has 1 aromatic rings. The quantitative estimate of drug-likeness (QED) is 0.600. The maximum absolute atomic E-state index is 9.87. The Bertz CT molecular complexity index is 345. The molecule has 0 fully saturated rings. The number of nitrogens with zero attached hydrogens (tertiary/aromatic N) is 1. The van der Waals surface area contributed by atoms with Crippen molar-refractivity contribution in [2.45, 2.75) is 25.8 Å². The van der Waals surface area contributed by atoms with Crippen LogP contribution in [-0.2, 0) is 6.42 Å². The first-order valence-electron chi connectivity index (χ1n) is 4.38. The van der Waals surface area contributed by atoms with Crippen molar-refractivity contribution in [1.29, 1.82) is 0 Å². The van der Waals surface area contributed by atoms with E-state index in [4.69, 9.17) is 0 Å². The van der Waals surface area contributed by atoms with Crippen molar-refractivity contribution in [2.75, 3.05) is 0 Å². The second-order valence-electron chi connectivity index (χ2n) is 4.22. The third-order valence-corrected chi connectivity index (χ3v) is 2.79. The van der Waals surface area contributed by atoms with Gasteiger partial charge in [0.25, 0.3) is 0 Å². The van der Waals surface area contributed by atoms with Gasteiger partial charge in [0.1, 0.15) is 0 Å². The zero-order valence-corrected chi connectivity index (χ0v) is 7.86. The largest absolute Gasteiger partial charge is 0.203 e. The Kier molecular flexibility index (Phi) is 1.55. The lowest BCUT2D eigenvalue weighted by Gasteiger charge is -2.29. The molecule has 3 heteroatoms. The molecule has 0 bridgehead atoms. The molecule has 70 valence electrons. The highest BCUT2D eigenvalue weighted by Crippen LogP contribution is 2.41. The van der Waals surface area contributed by atoms with Crippen LogP contribution in [0.15, 0.2) is 24.3 Å². The Balaban J connectivity index is 2.60. The fraction of sp³-hybridized carbons (Fsp3) is 0.400. The summed E-state index contributed by atoms with van der Waals surface area (Å²) < 4.78 is 0. The smallest absolute Gasteiger partial charge is 0.176 e. The highest BCUT2D eigenvalue weighted by Gasteiger charge is 2.53. The average Bonchev–Trinajstić information content (AvgIpc) is 2.20. The van der Waals surface area contributed by atoms with Crippen molar-refractivity contribution in [1.82, 2.24) is 4.81 Å². The maximum Gasteiger partial charge on any atom is 0.203 e. The van der Waals surface area contributed by atoms with Gasteiger partial charge >= 0.3 is 0 Å². The second-order valence-corrected chi connectivity index (χ2v) is 4.22. The predicted octanol–water partition coefficient (Wildman–Crippen LogP) is 2.11. The lowest BCUT2D eigenvalue weighted by atomic mass is 10.0. The Morgan fingerprint density at radius 1 is 1.23 bits per heavy atom. The molecule has 0 amide bonds. The topological polar surface area (TPSA) is 40.5 Å². The first kappa shape index (κ1) is 8.69. The van der Waals surface area contributed by atoms with E-state index in [2.05, 4.69) is 0 Å². The van der Waals surface area contributed by atoms with Crippen LogP contribution in [0.4, 0.5) is 5.69 Å². The minimum Gasteiger partial charge on any atom is -0.176 e. The maximum atomic E-state index is 9.87. The van der Waals surface area contributed by atoms with Gasteiger partial charge in [-0.2, -0.15) is 10.4 Å². The number of rotatable bonds is 0. The van der Waals surface area contributed by atoms with E-state index in [0.717, 1.165) is 5.56 Å². The Labute approximate surface area is 77.4 Å². The van der Waals surface area contributed by atoms with Gasteiger partial charge in [0.05, 0.1) is 0 Å². The number of hydroxylamine groups is 2. The molecule has 2 rings (SSSR count). The first-order valence-corrected chi connectivity index (χ1v) is 4.38. The van der Waals surface area contributed by atoms with Crippen molar-refractivity contribution in [3.05, 3.63) is 29.8 Å². The summed E-state index contributed by atoms with van der Waals surface area (Å²) in [7, 11) is 0. The molecule has 0 radical (unpaired) electrons. The third-order valence-electron chi connectivity index (χ3n) is 2.79. The van der Waals surface area contributed by atoms with E-state index >= 15 is 0 Å². The van der Waals surface area contributed by atoms with E-state index in [1.165, 1.54) is 0 Å². The van der Waals surface area contributed by atoms with E-state index in [1.807, 2.05) is 32.0 Å². The van der Waals surface area contributed by atoms with Crippen LogP contribution in [0.1, 0.15) is 19.4 Å². The number of quaternary nitrogens is 1. The van der Waals surface area contributed by atoms with Gasteiger partial charge in [0.2, 0.25) is 5.69 Å². The van der Waals surface area contributed by atoms with Crippen molar-refractivity contribution >= 4 is 5.69 Å². The molecule has 0 spiro atoms. The molecule has 2 N–H and O–H groups in total. The van der Waals surface area contributed by atoms with Gasteiger partial charge in [-0.25, -0.2) is 0 Å². The summed E-state index contributed by atoms with van der Waals surface area (Å²) >= 11 is 0. The van der Waals surface area contributed by atoms with Crippen molar-refractivity contribution in [2.24, 2.45) is 0 Å². The summed E-state index contributed by atoms with van der Waals surface area (Å²) in [6.07, 6.45) is 0.691.